The number of nitrogens with zero attached hydrogens (tertiary/aromatic N) is 2. The monoisotopic (exact) mass is 515 g/mol. The molecule has 0 radical (unpaired) electrons. The molecule has 2 heterocycles. The van der Waals surface area contributed by atoms with E-state index in [0.717, 1.165) is 18.7 Å². The van der Waals surface area contributed by atoms with E-state index in [1.807, 2.05) is 24.3 Å². The number of aliphatic hydroxyl groups excluding tert-OH is 2. The molecule has 1 aliphatic carbocycles. The van der Waals surface area contributed by atoms with Gasteiger partial charge in [-0.3, -0.25) is 14.5 Å². The smallest absolute Gasteiger partial charge is 0.247 e. The Balaban J connectivity index is 1.63. The van der Waals surface area contributed by atoms with E-state index in [-0.39, 0.29) is 37.2 Å². The zero-order valence-electron chi connectivity index (χ0n) is 21.3. The van der Waals surface area contributed by atoms with Crippen molar-refractivity contribution in [3.63, 3.8) is 0 Å². The van der Waals surface area contributed by atoms with Crippen molar-refractivity contribution in [2.45, 2.75) is 50.4 Å². The number of ketones is 1. The van der Waals surface area contributed by atoms with Crippen LogP contribution < -0.4 is 10.1 Å². The molecule has 2 amide bonds. The number of carbonyl (C=O) groups excluding carboxylic acids is 3. The summed E-state index contributed by atoms with van der Waals surface area (Å²) >= 11 is 0. The highest BCUT2D eigenvalue weighted by atomic mass is 16.5. The summed E-state index contributed by atoms with van der Waals surface area (Å²) in [5.41, 5.74) is 1.22. The second-order valence-electron chi connectivity index (χ2n) is 9.78. The zero-order valence-corrected chi connectivity index (χ0v) is 21.3. The molecule has 1 fully saturated rings. The maximum absolute atomic E-state index is 13.5. The Morgan fingerprint density at radius 2 is 1.92 bits per heavy atom. The molecule has 1 saturated heterocycles. The maximum atomic E-state index is 13.5. The van der Waals surface area contributed by atoms with Crippen molar-refractivity contribution in [2.75, 3.05) is 52.5 Å². The number of hydrogen-bond acceptors (Lipinski definition) is 8. The van der Waals surface area contributed by atoms with Gasteiger partial charge in [0.25, 0.3) is 0 Å². The maximum Gasteiger partial charge on any atom is 0.247 e. The molecule has 10 heteroatoms. The minimum atomic E-state index is -1.06. The lowest BCUT2D eigenvalue weighted by Crippen LogP contribution is -2.57. The van der Waals surface area contributed by atoms with Gasteiger partial charge < -0.3 is 34.7 Å². The van der Waals surface area contributed by atoms with E-state index in [1.165, 1.54) is 6.92 Å². The van der Waals surface area contributed by atoms with E-state index < -0.39 is 24.2 Å². The highest BCUT2D eigenvalue weighted by molar-refractivity contribution is 5.96. The number of amides is 2. The third-order valence-electron chi connectivity index (χ3n) is 7.24. The van der Waals surface area contributed by atoms with Crippen molar-refractivity contribution in [2.24, 2.45) is 0 Å². The molecule has 37 heavy (non-hydrogen) atoms. The van der Waals surface area contributed by atoms with E-state index in [9.17, 15) is 24.6 Å². The summed E-state index contributed by atoms with van der Waals surface area (Å²) in [6.45, 7) is 5.11. The van der Waals surface area contributed by atoms with E-state index in [0.29, 0.717) is 50.5 Å². The van der Waals surface area contributed by atoms with E-state index in [1.54, 1.807) is 11.0 Å². The van der Waals surface area contributed by atoms with Crippen LogP contribution in [0.4, 0.5) is 0 Å². The van der Waals surface area contributed by atoms with Gasteiger partial charge in [0.1, 0.15) is 23.7 Å². The average molecular weight is 516 g/mol. The van der Waals surface area contributed by atoms with Crippen LogP contribution in [-0.2, 0) is 19.1 Å². The number of aliphatic hydroxyl groups is 2. The quantitative estimate of drug-likeness (QED) is 0.382. The Morgan fingerprint density at radius 1 is 1.16 bits per heavy atom. The van der Waals surface area contributed by atoms with Crippen LogP contribution in [0.2, 0.25) is 0 Å². The van der Waals surface area contributed by atoms with Gasteiger partial charge in [0.15, 0.2) is 0 Å². The number of para-hydroxylation sites is 1. The van der Waals surface area contributed by atoms with Crippen molar-refractivity contribution in [3.8, 4) is 5.75 Å². The van der Waals surface area contributed by atoms with E-state index in [4.69, 9.17) is 9.47 Å². The lowest BCUT2D eigenvalue weighted by Gasteiger charge is -2.41. The fourth-order valence-electron chi connectivity index (χ4n) is 5.34. The lowest BCUT2D eigenvalue weighted by atomic mass is 9.77. The Hall–Kier alpha value is -2.79. The van der Waals surface area contributed by atoms with Gasteiger partial charge in [-0.05, 0) is 25.5 Å². The molecule has 0 aromatic heterocycles. The SMILES string of the molecule is CC(=O)CCCC(=O)N(CCN1CCOCC1)[C@@H]1C=C(C(=O)NCCO)[C@@H]2c3ccccc3O[C@@H]2[C@H]1O. The number of benzene rings is 1. The molecule has 1 aromatic rings. The van der Waals surface area contributed by atoms with Gasteiger partial charge in [-0.15, -0.1) is 0 Å². The van der Waals surface area contributed by atoms with Crippen LogP contribution in [-0.4, -0.2) is 108 Å². The van der Waals surface area contributed by atoms with Crippen LogP contribution in [0.5, 0.6) is 5.75 Å². The molecule has 2 aliphatic heterocycles. The van der Waals surface area contributed by atoms with Crippen LogP contribution in [0.25, 0.3) is 0 Å². The van der Waals surface area contributed by atoms with E-state index >= 15 is 0 Å². The number of carbonyl (C=O) groups is 3. The first-order valence-corrected chi connectivity index (χ1v) is 13.0. The normalized spacial score (nSPS) is 24.9. The standard InChI is InChI=1S/C27H37N3O7/c1-18(32)5-4-8-23(33)30(11-10-29-12-15-36-16-13-29)21-17-20(27(35)28-9-14-31)24-19-6-2-3-7-22(19)37-26(24)25(21)34/h2-3,6-7,17,21,24-26,31,34H,4-5,8-16H2,1H3,(H,28,35)/t21-,24+,25+,26+/m1/s1. The second kappa shape index (κ2) is 12.6. The van der Waals surface area contributed by atoms with Gasteiger partial charge in [0.2, 0.25) is 11.8 Å². The number of nitrogens with one attached hydrogen (secondary N) is 1. The number of ether oxygens (including phenoxy) is 2. The molecule has 3 aliphatic rings. The number of morpholine rings is 1. The first kappa shape index (κ1) is 27.3. The van der Waals surface area contributed by atoms with Crippen molar-refractivity contribution in [3.05, 3.63) is 41.5 Å². The number of Topliss-reactive ketones (excluding diaryl/α,β-unsaturated/α-hetero) is 1. The minimum Gasteiger partial charge on any atom is -0.486 e. The Kier molecular flexibility index (Phi) is 9.31. The van der Waals surface area contributed by atoms with Crippen molar-refractivity contribution >= 4 is 17.6 Å². The molecule has 4 rings (SSSR count). The zero-order chi connectivity index (χ0) is 26.4. The third-order valence-corrected chi connectivity index (χ3v) is 7.24. The van der Waals surface area contributed by atoms with Gasteiger partial charge >= 0.3 is 0 Å². The molecular weight excluding hydrogens is 478 g/mol. The third kappa shape index (κ3) is 6.38. The van der Waals surface area contributed by atoms with Crippen LogP contribution in [0.3, 0.4) is 0 Å². The van der Waals surface area contributed by atoms with Gasteiger partial charge in [0, 0.05) is 56.7 Å². The second-order valence-corrected chi connectivity index (χ2v) is 9.78. The Bertz CT molecular complexity index is 1010. The molecule has 0 unspecified atom stereocenters. The molecule has 0 bridgehead atoms. The summed E-state index contributed by atoms with van der Waals surface area (Å²) in [5, 5.41) is 23.5. The van der Waals surface area contributed by atoms with Gasteiger partial charge in [-0.1, -0.05) is 18.2 Å². The largest absolute Gasteiger partial charge is 0.486 e. The van der Waals surface area contributed by atoms with E-state index in [2.05, 4.69) is 10.2 Å². The first-order valence-electron chi connectivity index (χ1n) is 13.0. The summed E-state index contributed by atoms with van der Waals surface area (Å²) < 4.78 is 11.6. The average Bonchev–Trinajstić information content (AvgIpc) is 3.29. The van der Waals surface area contributed by atoms with Gasteiger partial charge in [0.05, 0.1) is 31.8 Å². The molecule has 10 nitrogen and oxygen atoms in total. The Labute approximate surface area is 217 Å². The van der Waals surface area contributed by atoms with Crippen LogP contribution in [0, 0.1) is 0 Å². The molecular formula is C27H37N3O7. The predicted octanol–water partition coefficient (Wildman–Crippen LogP) is 0.229. The number of fused-ring (bicyclic) bond motifs is 3. The van der Waals surface area contributed by atoms with Crippen molar-refractivity contribution in [1.82, 2.24) is 15.1 Å². The van der Waals surface area contributed by atoms with Gasteiger partial charge in [-0.2, -0.15) is 0 Å². The number of hydrogen-bond donors (Lipinski definition) is 3. The first-order chi connectivity index (χ1) is 17.9. The minimum absolute atomic E-state index is 0.0214. The predicted molar refractivity (Wildman–Crippen MR) is 135 cm³/mol. The lowest BCUT2D eigenvalue weighted by molar-refractivity contribution is -0.137. The van der Waals surface area contributed by atoms with Gasteiger partial charge in [-0.25, -0.2) is 0 Å². The topological polar surface area (TPSA) is 129 Å². The van der Waals surface area contributed by atoms with Crippen molar-refractivity contribution in [1.29, 1.82) is 0 Å². The fourth-order valence-corrected chi connectivity index (χ4v) is 5.34. The summed E-state index contributed by atoms with van der Waals surface area (Å²) in [7, 11) is 0. The van der Waals surface area contributed by atoms with Crippen LogP contribution in [0.1, 0.15) is 37.7 Å². The molecule has 202 valence electrons. The highest BCUT2D eigenvalue weighted by Gasteiger charge is 2.50. The van der Waals surface area contributed by atoms with Crippen molar-refractivity contribution < 1.29 is 34.1 Å². The Morgan fingerprint density at radius 3 is 2.65 bits per heavy atom. The highest BCUT2D eigenvalue weighted by Crippen LogP contribution is 2.47. The number of rotatable bonds is 11. The summed E-state index contributed by atoms with van der Waals surface area (Å²) in [6, 6.07) is 6.60. The van der Waals surface area contributed by atoms with Crippen LogP contribution >= 0.6 is 0 Å². The summed E-state index contributed by atoms with van der Waals surface area (Å²) in [5.74, 6) is -0.411. The summed E-state index contributed by atoms with van der Waals surface area (Å²) in [4.78, 5) is 42.0. The molecule has 4 atom stereocenters. The molecule has 3 N–H and O–H groups in total. The fraction of sp³-hybridized carbons (Fsp3) is 0.593. The molecule has 1 aromatic carbocycles. The molecule has 0 saturated carbocycles. The van der Waals surface area contributed by atoms with Crippen LogP contribution in [0.15, 0.2) is 35.9 Å². The molecule has 0 spiro atoms. The summed E-state index contributed by atoms with van der Waals surface area (Å²) in [6.07, 6.45) is 0.787.